The van der Waals surface area contributed by atoms with Crippen LogP contribution in [0, 0.1) is 5.82 Å². The Bertz CT molecular complexity index is 1040. The maximum absolute atomic E-state index is 12.9. The van der Waals surface area contributed by atoms with Crippen molar-refractivity contribution in [3.05, 3.63) is 89.1 Å². The Labute approximate surface area is 165 Å². The second-order valence-electron chi connectivity index (χ2n) is 6.00. The fourth-order valence-corrected chi connectivity index (χ4v) is 2.31. The number of carbonyl (C=O) groups excluding carboxylic acids is 2. The fraction of sp³-hybridized carbons (Fsp3) is 0.0952. The van der Waals surface area contributed by atoms with Crippen LogP contribution in [0.3, 0.4) is 0 Å². The molecule has 0 radical (unpaired) electrons. The van der Waals surface area contributed by atoms with Crippen molar-refractivity contribution in [3.63, 3.8) is 0 Å². The third-order valence-corrected chi connectivity index (χ3v) is 3.87. The van der Waals surface area contributed by atoms with E-state index >= 15 is 0 Å². The van der Waals surface area contributed by atoms with Crippen molar-refractivity contribution in [2.75, 3.05) is 0 Å². The van der Waals surface area contributed by atoms with Gasteiger partial charge in [-0.1, -0.05) is 5.16 Å². The highest BCUT2D eigenvalue weighted by atomic mass is 19.1. The summed E-state index contributed by atoms with van der Waals surface area (Å²) < 4.78 is 23.8. The number of hydrogen-bond acceptors (Lipinski definition) is 6. The smallest absolute Gasteiger partial charge is 0.400 e. The van der Waals surface area contributed by atoms with Gasteiger partial charge in [-0.15, -0.1) is 0 Å². The Kier molecular flexibility index (Phi) is 6.03. The number of ketones is 1. The van der Waals surface area contributed by atoms with Crippen molar-refractivity contribution in [2.45, 2.75) is 13.5 Å². The van der Waals surface area contributed by atoms with Crippen molar-refractivity contribution in [1.82, 2.24) is 0 Å². The van der Waals surface area contributed by atoms with Gasteiger partial charge in [-0.25, -0.2) is 9.18 Å². The molecule has 2 N–H and O–H groups in total. The quantitative estimate of drug-likeness (QED) is 0.215. The number of ether oxygens (including phenoxy) is 1. The molecule has 3 aromatic rings. The molecule has 29 heavy (non-hydrogen) atoms. The number of oxime groups is 1. The van der Waals surface area contributed by atoms with E-state index in [0.29, 0.717) is 22.6 Å². The summed E-state index contributed by atoms with van der Waals surface area (Å²) in [6.45, 7) is 1.56. The number of nitrogens with zero attached hydrogens (tertiary/aromatic N) is 1. The average Bonchev–Trinajstić information content (AvgIpc) is 3.20. The van der Waals surface area contributed by atoms with Gasteiger partial charge >= 0.3 is 5.97 Å². The summed E-state index contributed by atoms with van der Waals surface area (Å²) in [5.74, 6) is -0.511. The van der Waals surface area contributed by atoms with Gasteiger partial charge in [-0.2, -0.15) is 0 Å². The first-order valence-electron chi connectivity index (χ1n) is 8.55. The van der Waals surface area contributed by atoms with Gasteiger partial charge in [0.15, 0.2) is 11.6 Å². The number of carbonyl (C=O) groups is 2. The third kappa shape index (κ3) is 5.29. The lowest BCUT2D eigenvalue weighted by atomic mass is 10.1. The zero-order chi connectivity index (χ0) is 20.8. The lowest BCUT2D eigenvalue weighted by Gasteiger charge is -2.04. The maximum Gasteiger partial charge on any atom is 0.400 e. The molecule has 3 rings (SSSR count). The first-order chi connectivity index (χ1) is 13.9. The van der Waals surface area contributed by atoms with Crippen LogP contribution >= 0.6 is 0 Å². The van der Waals surface area contributed by atoms with E-state index < -0.39 is 11.8 Å². The number of benzene rings is 2. The van der Waals surface area contributed by atoms with Gasteiger partial charge in [0.1, 0.15) is 23.9 Å². The minimum atomic E-state index is -0.841. The highest BCUT2D eigenvalue weighted by molar-refractivity contribution is 5.97. The number of halogens is 1. The Morgan fingerprint density at radius 2 is 1.66 bits per heavy atom. The monoisotopic (exact) mass is 396 g/mol. The SMILES string of the molecule is CC(=O)c1ccc(OCc2ccc(C(=O)O/N=C(\N)c3ccc(F)cc3)o2)cc1. The standard InChI is InChI=1S/C21H17FN2O5/c1-13(25)14-4-8-17(9-5-14)27-12-18-10-11-19(28-18)21(26)29-24-20(23)15-2-6-16(22)7-3-15/h2-11H,12H2,1H3,(H2,23,24). The molecule has 0 aliphatic heterocycles. The van der Waals surface area contributed by atoms with Crippen LogP contribution in [0.5, 0.6) is 5.75 Å². The number of Topliss-reactive ketones (excluding diaryl/α,β-unsaturated/α-hetero) is 1. The summed E-state index contributed by atoms with van der Waals surface area (Å²) >= 11 is 0. The zero-order valence-electron chi connectivity index (χ0n) is 15.4. The lowest BCUT2D eigenvalue weighted by Crippen LogP contribution is -2.15. The molecule has 8 heteroatoms. The van der Waals surface area contributed by atoms with Crippen LogP contribution in [0.25, 0.3) is 0 Å². The number of furan rings is 1. The maximum atomic E-state index is 12.9. The largest absolute Gasteiger partial charge is 0.486 e. The molecule has 1 heterocycles. The van der Waals surface area contributed by atoms with Crippen LogP contribution in [-0.4, -0.2) is 17.6 Å². The third-order valence-electron chi connectivity index (χ3n) is 3.87. The van der Waals surface area contributed by atoms with Gasteiger partial charge < -0.3 is 19.7 Å². The molecule has 0 saturated carbocycles. The van der Waals surface area contributed by atoms with Gasteiger partial charge in [-0.05, 0) is 67.6 Å². The molecule has 0 amide bonds. The van der Waals surface area contributed by atoms with Crippen LogP contribution in [0.2, 0.25) is 0 Å². The van der Waals surface area contributed by atoms with E-state index in [0.717, 1.165) is 0 Å². The second-order valence-corrected chi connectivity index (χ2v) is 6.00. The molecule has 0 spiro atoms. The highest BCUT2D eigenvalue weighted by Crippen LogP contribution is 2.16. The summed E-state index contributed by atoms with van der Waals surface area (Å²) in [6.07, 6.45) is 0. The van der Waals surface area contributed by atoms with Crippen molar-refractivity contribution >= 4 is 17.6 Å². The molecular weight excluding hydrogens is 379 g/mol. The molecule has 0 fully saturated rings. The highest BCUT2D eigenvalue weighted by Gasteiger charge is 2.14. The van der Waals surface area contributed by atoms with Gasteiger partial charge in [0.05, 0.1) is 0 Å². The summed E-state index contributed by atoms with van der Waals surface area (Å²) in [7, 11) is 0. The predicted octanol–water partition coefficient (Wildman–Crippen LogP) is 3.68. The Morgan fingerprint density at radius 1 is 1.00 bits per heavy atom. The molecule has 0 aliphatic carbocycles. The van der Waals surface area contributed by atoms with E-state index in [1.165, 1.54) is 37.3 Å². The molecule has 0 saturated heterocycles. The molecule has 2 aromatic carbocycles. The molecule has 1 aromatic heterocycles. The number of hydrogen-bond donors (Lipinski definition) is 1. The molecule has 0 unspecified atom stereocenters. The first kappa shape index (κ1) is 19.8. The van der Waals surface area contributed by atoms with Crippen LogP contribution < -0.4 is 10.5 Å². The Morgan fingerprint density at radius 3 is 2.31 bits per heavy atom. The minimum absolute atomic E-state index is 0.0338. The van der Waals surface area contributed by atoms with Crippen molar-refractivity contribution in [2.24, 2.45) is 10.9 Å². The molecular formula is C21H17FN2O5. The molecule has 0 bridgehead atoms. The van der Waals surface area contributed by atoms with Crippen LogP contribution in [0.1, 0.15) is 39.2 Å². The second kappa shape index (κ2) is 8.83. The summed E-state index contributed by atoms with van der Waals surface area (Å²) in [6, 6.07) is 14.9. The molecule has 0 aliphatic rings. The van der Waals surface area contributed by atoms with E-state index in [4.69, 9.17) is 19.7 Å². The summed E-state index contributed by atoms with van der Waals surface area (Å²) in [4.78, 5) is 28.0. The molecule has 7 nitrogen and oxygen atoms in total. The fourth-order valence-electron chi connectivity index (χ4n) is 2.31. The minimum Gasteiger partial charge on any atom is -0.486 e. The zero-order valence-corrected chi connectivity index (χ0v) is 15.4. The number of nitrogens with two attached hydrogens (primary N) is 1. The van der Waals surface area contributed by atoms with Crippen LogP contribution in [0.15, 0.2) is 70.2 Å². The van der Waals surface area contributed by atoms with Crippen molar-refractivity contribution < 1.29 is 28.0 Å². The Balaban J connectivity index is 1.56. The normalized spacial score (nSPS) is 11.2. The van der Waals surface area contributed by atoms with Crippen LogP contribution in [0.4, 0.5) is 4.39 Å². The van der Waals surface area contributed by atoms with Gasteiger partial charge in [0, 0.05) is 11.1 Å². The summed E-state index contributed by atoms with van der Waals surface area (Å²) in [5, 5.41) is 3.53. The molecule has 148 valence electrons. The van der Waals surface area contributed by atoms with E-state index in [1.54, 1.807) is 30.3 Å². The average molecular weight is 396 g/mol. The van der Waals surface area contributed by atoms with E-state index in [-0.39, 0.29) is 24.0 Å². The van der Waals surface area contributed by atoms with Crippen LogP contribution in [-0.2, 0) is 11.4 Å². The van der Waals surface area contributed by atoms with E-state index in [1.807, 2.05) is 0 Å². The van der Waals surface area contributed by atoms with Gasteiger partial charge in [0.2, 0.25) is 5.76 Å². The number of amidine groups is 1. The summed E-state index contributed by atoms with van der Waals surface area (Å²) in [5.41, 5.74) is 6.69. The Hall–Kier alpha value is -3.94. The topological polar surface area (TPSA) is 104 Å². The van der Waals surface area contributed by atoms with E-state index in [2.05, 4.69) is 5.16 Å². The predicted molar refractivity (Wildman–Crippen MR) is 102 cm³/mol. The first-order valence-corrected chi connectivity index (χ1v) is 8.55. The van der Waals surface area contributed by atoms with Gasteiger partial charge in [0.25, 0.3) is 0 Å². The van der Waals surface area contributed by atoms with Crippen molar-refractivity contribution in [1.29, 1.82) is 0 Å². The van der Waals surface area contributed by atoms with E-state index in [9.17, 15) is 14.0 Å². The van der Waals surface area contributed by atoms with Crippen molar-refractivity contribution in [3.8, 4) is 5.75 Å². The lowest BCUT2D eigenvalue weighted by molar-refractivity contribution is 0.0475. The van der Waals surface area contributed by atoms with Gasteiger partial charge in [-0.3, -0.25) is 4.79 Å². The molecule has 0 atom stereocenters. The number of rotatable bonds is 7.